The lowest BCUT2D eigenvalue weighted by atomic mass is 10.1. The summed E-state index contributed by atoms with van der Waals surface area (Å²) in [5, 5.41) is 0. The van der Waals surface area contributed by atoms with Crippen LogP contribution < -0.4 is 0 Å². The molecule has 0 aliphatic rings. The third-order valence-corrected chi connectivity index (χ3v) is 1.85. The molecule has 2 heteroatoms. The maximum atomic E-state index is 12.6. The minimum Gasteiger partial charge on any atom is -0.225 e. The van der Waals surface area contributed by atoms with E-state index in [2.05, 4.69) is 11.9 Å². The summed E-state index contributed by atoms with van der Waals surface area (Å²) in [5.74, 6) is -0.0338. The van der Waals surface area contributed by atoms with Gasteiger partial charge in [-0.1, -0.05) is 19.9 Å². The molecule has 1 atom stereocenters. The van der Waals surface area contributed by atoms with Gasteiger partial charge in [-0.05, 0) is 24.5 Å². The predicted molar refractivity (Wildman–Crippen MR) is 42.9 cm³/mol. The molecule has 0 amide bonds. The van der Waals surface area contributed by atoms with Crippen LogP contribution in [0.4, 0.5) is 4.39 Å². The smallest absolute Gasteiger partial charge is 0.213 e. The molecule has 0 saturated heterocycles. The number of hydrogen-bond acceptors (Lipinski definition) is 1. The zero-order valence-electron chi connectivity index (χ0n) is 6.84. The van der Waals surface area contributed by atoms with Gasteiger partial charge in [0.25, 0.3) is 0 Å². The topological polar surface area (TPSA) is 12.9 Å². The highest BCUT2D eigenvalue weighted by Gasteiger charge is 2.03. The number of rotatable bonds is 2. The molecule has 0 aliphatic carbocycles. The van der Waals surface area contributed by atoms with E-state index < -0.39 is 0 Å². The van der Waals surface area contributed by atoms with E-state index in [-0.39, 0.29) is 5.95 Å². The molecule has 1 nitrogen and oxygen atoms in total. The van der Waals surface area contributed by atoms with Crippen molar-refractivity contribution in [2.24, 2.45) is 0 Å². The quantitative estimate of drug-likeness (QED) is 0.595. The molecule has 0 spiro atoms. The van der Waals surface area contributed by atoms with Crippen LogP contribution in [0.3, 0.4) is 0 Å². The normalized spacial score (nSPS) is 13.0. The summed E-state index contributed by atoms with van der Waals surface area (Å²) < 4.78 is 12.6. The molecule has 1 aromatic heterocycles. The zero-order chi connectivity index (χ0) is 8.27. The van der Waals surface area contributed by atoms with Crippen molar-refractivity contribution in [2.45, 2.75) is 26.2 Å². The lowest BCUT2D eigenvalue weighted by molar-refractivity contribution is 0.565. The Kier molecular flexibility index (Phi) is 2.58. The standard InChI is InChI=1S/C9H12FN/c1-3-7(2)8-5-4-6-9(10)11-8/h4-7H,3H2,1-2H3/t7-/m1/s1. The van der Waals surface area contributed by atoms with E-state index in [1.807, 2.05) is 13.0 Å². The van der Waals surface area contributed by atoms with Crippen molar-refractivity contribution in [1.29, 1.82) is 0 Å². The first-order valence-corrected chi connectivity index (χ1v) is 3.86. The summed E-state index contributed by atoms with van der Waals surface area (Å²) in [6.45, 7) is 4.11. The summed E-state index contributed by atoms with van der Waals surface area (Å²) in [5.41, 5.74) is 0.840. The van der Waals surface area contributed by atoms with Crippen LogP contribution in [0.2, 0.25) is 0 Å². The fourth-order valence-corrected chi connectivity index (χ4v) is 0.908. The van der Waals surface area contributed by atoms with E-state index in [0.29, 0.717) is 5.92 Å². The van der Waals surface area contributed by atoms with Crippen molar-refractivity contribution in [3.63, 3.8) is 0 Å². The Labute approximate surface area is 66.3 Å². The molecule has 1 rings (SSSR count). The number of nitrogens with zero attached hydrogens (tertiary/aromatic N) is 1. The molecule has 0 unspecified atom stereocenters. The second kappa shape index (κ2) is 3.46. The molecule has 0 N–H and O–H groups in total. The molecular formula is C9H12FN. The van der Waals surface area contributed by atoms with Crippen LogP contribution in [0.25, 0.3) is 0 Å². The van der Waals surface area contributed by atoms with Gasteiger partial charge in [-0.15, -0.1) is 0 Å². The average molecular weight is 153 g/mol. The van der Waals surface area contributed by atoms with Gasteiger partial charge in [-0.3, -0.25) is 0 Å². The number of pyridine rings is 1. The van der Waals surface area contributed by atoms with Crippen molar-refractivity contribution in [2.75, 3.05) is 0 Å². The first kappa shape index (κ1) is 8.18. The highest BCUT2D eigenvalue weighted by atomic mass is 19.1. The monoisotopic (exact) mass is 153 g/mol. The zero-order valence-corrected chi connectivity index (χ0v) is 6.84. The van der Waals surface area contributed by atoms with Crippen LogP contribution >= 0.6 is 0 Å². The number of hydrogen-bond donors (Lipinski definition) is 0. The van der Waals surface area contributed by atoms with Crippen LogP contribution in [0.1, 0.15) is 31.9 Å². The molecule has 0 saturated carbocycles. The lowest BCUT2D eigenvalue weighted by Gasteiger charge is -2.06. The summed E-state index contributed by atoms with van der Waals surface area (Å²) in [6, 6.07) is 4.92. The fraction of sp³-hybridized carbons (Fsp3) is 0.444. The van der Waals surface area contributed by atoms with Crippen LogP contribution in [-0.2, 0) is 0 Å². The Morgan fingerprint density at radius 2 is 2.27 bits per heavy atom. The molecule has 0 aliphatic heterocycles. The largest absolute Gasteiger partial charge is 0.225 e. The lowest BCUT2D eigenvalue weighted by Crippen LogP contribution is -1.96. The molecule has 11 heavy (non-hydrogen) atoms. The third-order valence-electron chi connectivity index (χ3n) is 1.85. The van der Waals surface area contributed by atoms with Gasteiger partial charge in [0.15, 0.2) is 0 Å². The van der Waals surface area contributed by atoms with Gasteiger partial charge in [0.05, 0.1) is 0 Å². The predicted octanol–water partition coefficient (Wildman–Crippen LogP) is 2.73. The third kappa shape index (κ3) is 2.00. The first-order chi connectivity index (χ1) is 5.24. The van der Waals surface area contributed by atoms with E-state index >= 15 is 0 Å². The van der Waals surface area contributed by atoms with Gasteiger partial charge in [0.1, 0.15) is 0 Å². The van der Waals surface area contributed by atoms with E-state index in [4.69, 9.17) is 0 Å². The van der Waals surface area contributed by atoms with Crippen LogP contribution in [0, 0.1) is 5.95 Å². The van der Waals surface area contributed by atoms with E-state index in [9.17, 15) is 4.39 Å². The fourth-order valence-electron chi connectivity index (χ4n) is 0.908. The summed E-state index contributed by atoms with van der Waals surface area (Å²) in [6.07, 6.45) is 0.996. The van der Waals surface area contributed by atoms with Gasteiger partial charge in [0.2, 0.25) is 5.95 Å². The van der Waals surface area contributed by atoms with Gasteiger partial charge in [0, 0.05) is 5.69 Å². The van der Waals surface area contributed by atoms with E-state index in [1.165, 1.54) is 6.07 Å². The maximum Gasteiger partial charge on any atom is 0.213 e. The molecule has 0 aromatic carbocycles. The van der Waals surface area contributed by atoms with Gasteiger partial charge < -0.3 is 0 Å². The Balaban J connectivity index is 2.86. The summed E-state index contributed by atoms with van der Waals surface area (Å²) in [7, 11) is 0. The van der Waals surface area contributed by atoms with Crippen LogP contribution in [-0.4, -0.2) is 4.98 Å². The molecule has 0 radical (unpaired) electrons. The molecule has 0 fully saturated rings. The molecular weight excluding hydrogens is 141 g/mol. The van der Waals surface area contributed by atoms with Crippen molar-refractivity contribution in [3.8, 4) is 0 Å². The highest BCUT2D eigenvalue weighted by molar-refractivity contribution is 5.08. The van der Waals surface area contributed by atoms with Crippen LogP contribution in [0.5, 0.6) is 0 Å². The second-order valence-corrected chi connectivity index (χ2v) is 2.69. The Morgan fingerprint density at radius 1 is 1.55 bits per heavy atom. The SMILES string of the molecule is CC[C@@H](C)c1cccc(F)n1. The Hall–Kier alpha value is -0.920. The highest BCUT2D eigenvalue weighted by Crippen LogP contribution is 2.15. The summed E-state index contributed by atoms with van der Waals surface area (Å²) in [4.78, 5) is 3.78. The molecule has 1 aromatic rings. The van der Waals surface area contributed by atoms with Crippen molar-refractivity contribution in [1.82, 2.24) is 4.98 Å². The number of halogens is 1. The second-order valence-electron chi connectivity index (χ2n) is 2.69. The van der Waals surface area contributed by atoms with Crippen LogP contribution in [0.15, 0.2) is 18.2 Å². The summed E-state index contributed by atoms with van der Waals surface area (Å²) >= 11 is 0. The average Bonchev–Trinajstić information content (AvgIpc) is 2.03. The number of aromatic nitrogens is 1. The Morgan fingerprint density at radius 3 is 2.82 bits per heavy atom. The van der Waals surface area contributed by atoms with Gasteiger partial charge in [-0.25, -0.2) is 4.98 Å². The van der Waals surface area contributed by atoms with E-state index in [1.54, 1.807) is 6.07 Å². The van der Waals surface area contributed by atoms with E-state index in [0.717, 1.165) is 12.1 Å². The van der Waals surface area contributed by atoms with Crippen molar-refractivity contribution >= 4 is 0 Å². The maximum absolute atomic E-state index is 12.6. The molecule has 60 valence electrons. The molecule has 0 bridgehead atoms. The van der Waals surface area contributed by atoms with Gasteiger partial charge >= 0.3 is 0 Å². The minimum absolute atomic E-state index is 0.352. The molecule has 1 heterocycles. The van der Waals surface area contributed by atoms with Gasteiger partial charge in [-0.2, -0.15) is 4.39 Å². The Bertz CT molecular complexity index is 235. The first-order valence-electron chi connectivity index (χ1n) is 3.86. The van der Waals surface area contributed by atoms with Crippen molar-refractivity contribution in [3.05, 3.63) is 29.8 Å². The minimum atomic E-state index is -0.386. The van der Waals surface area contributed by atoms with Crippen molar-refractivity contribution < 1.29 is 4.39 Å².